The number of nitrogens with two attached hydrogens (primary N) is 1. The largest absolute Gasteiger partial charge is 0.508 e. The van der Waals surface area contributed by atoms with Gasteiger partial charge in [-0.3, -0.25) is 24.1 Å². The molecule has 1 fully saturated rings. The molecule has 0 saturated heterocycles. The van der Waals surface area contributed by atoms with Crippen LogP contribution in [0, 0.1) is 11.8 Å². The molecular formula is C20H20ClN3O8. The fraction of sp³-hybridized carbons (Fsp3) is 0.400. The van der Waals surface area contributed by atoms with Crippen molar-refractivity contribution in [2.45, 2.75) is 24.5 Å². The Labute approximate surface area is 185 Å². The average molecular weight is 466 g/mol. The predicted octanol–water partition coefficient (Wildman–Crippen LogP) is -0.694. The van der Waals surface area contributed by atoms with E-state index in [9.17, 15) is 39.6 Å². The summed E-state index contributed by atoms with van der Waals surface area (Å²) in [7, 11) is 3.01. The highest BCUT2D eigenvalue weighted by molar-refractivity contribution is 6.30. The number of rotatable bonds is 2. The molecule has 3 aliphatic carbocycles. The molecule has 1 heterocycles. The van der Waals surface area contributed by atoms with Crippen molar-refractivity contribution in [1.29, 1.82) is 0 Å². The molecule has 0 spiro atoms. The van der Waals surface area contributed by atoms with Crippen LogP contribution in [0.3, 0.4) is 0 Å². The summed E-state index contributed by atoms with van der Waals surface area (Å²) in [6, 6.07) is -1.17. The first-order chi connectivity index (χ1) is 14.8. The molecule has 4 rings (SSSR count). The smallest absolute Gasteiger partial charge is 0.291 e. The molecule has 0 aliphatic heterocycles. The number of nitrogens with zero attached hydrogens (tertiary/aromatic N) is 1. The summed E-state index contributed by atoms with van der Waals surface area (Å²) in [5.74, 6) is -8.07. The van der Waals surface area contributed by atoms with Crippen LogP contribution < -0.4 is 11.3 Å². The number of amides is 1. The molecule has 0 radical (unpaired) electrons. The molecule has 1 amide bonds. The van der Waals surface area contributed by atoms with Gasteiger partial charge in [0.25, 0.3) is 11.5 Å². The third-order valence-corrected chi connectivity index (χ3v) is 6.88. The van der Waals surface area contributed by atoms with Crippen molar-refractivity contribution >= 4 is 34.8 Å². The molecule has 170 valence electrons. The summed E-state index contributed by atoms with van der Waals surface area (Å²) in [6.45, 7) is 0. The van der Waals surface area contributed by atoms with Gasteiger partial charge in [0.1, 0.15) is 22.2 Å². The number of pyridine rings is 1. The lowest BCUT2D eigenvalue weighted by Gasteiger charge is -2.50. The van der Waals surface area contributed by atoms with E-state index in [0.29, 0.717) is 0 Å². The van der Waals surface area contributed by atoms with E-state index in [0.717, 1.165) is 0 Å². The van der Waals surface area contributed by atoms with Crippen molar-refractivity contribution in [2.24, 2.45) is 17.6 Å². The van der Waals surface area contributed by atoms with Crippen LogP contribution in [0.15, 0.2) is 21.7 Å². The van der Waals surface area contributed by atoms with E-state index in [1.54, 1.807) is 0 Å². The van der Waals surface area contributed by atoms with Gasteiger partial charge in [-0.15, -0.1) is 0 Å². The van der Waals surface area contributed by atoms with Gasteiger partial charge in [0.15, 0.2) is 17.1 Å². The summed E-state index contributed by atoms with van der Waals surface area (Å²) in [4.78, 5) is 53.9. The monoisotopic (exact) mass is 465 g/mol. The van der Waals surface area contributed by atoms with Crippen LogP contribution in [0.4, 0.5) is 0 Å². The van der Waals surface area contributed by atoms with Crippen LogP contribution in [0.1, 0.15) is 17.5 Å². The zero-order chi connectivity index (χ0) is 23.9. The summed E-state index contributed by atoms with van der Waals surface area (Å²) in [5, 5.41) is 43.0. The van der Waals surface area contributed by atoms with Crippen LogP contribution >= 0.6 is 11.6 Å². The quantitative estimate of drug-likeness (QED) is 0.242. The Morgan fingerprint density at radius 2 is 1.84 bits per heavy atom. The van der Waals surface area contributed by atoms with Gasteiger partial charge in [0.2, 0.25) is 5.78 Å². The third-order valence-electron chi connectivity index (χ3n) is 6.56. The van der Waals surface area contributed by atoms with Crippen LogP contribution in [0.2, 0.25) is 5.15 Å². The average Bonchev–Trinajstić information content (AvgIpc) is 2.68. The number of H-pyrrole nitrogens is 1. The summed E-state index contributed by atoms with van der Waals surface area (Å²) < 4.78 is 0. The number of aromatic nitrogens is 1. The van der Waals surface area contributed by atoms with Crippen molar-refractivity contribution < 1.29 is 34.8 Å². The normalized spacial score (nSPS) is 29.7. The minimum absolute atomic E-state index is 0.00227. The van der Waals surface area contributed by atoms with Crippen LogP contribution in [-0.2, 0) is 20.8 Å². The van der Waals surface area contributed by atoms with E-state index >= 15 is 0 Å². The maximum Gasteiger partial charge on any atom is 0.291 e. The zero-order valence-electron chi connectivity index (χ0n) is 17.0. The number of aromatic hydroxyl groups is 1. The van der Waals surface area contributed by atoms with Gasteiger partial charge in [-0.2, -0.15) is 0 Å². The van der Waals surface area contributed by atoms with Crippen molar-refractivity contribution in [2.75, 3.05) is 14.1 Å². The van der Waals surface area contributed by atoms with Gasteiger partial charge >= 0.3 is 0 Å². The number of carbonyl (C=O) groups is 3. The molecule has 0 unspecified atom stereocenters. The Morgan fingerprint density at radius 1 is 1.22 bits per heavy atom. The number of aliphatic hydroxyl groups excluding tert-OH is 2. The number of hydrogen-bond acceptors (Lipinski definition) is 9. The first-order valence-electron chi connectivity index (χ1n) is 9.62. The summed E-state index contributed by atoms with van der Waals surface area (Å²) in [5.41, 5.74) is 0.114. The molecule has 0 aromatic carbocycles. The standard InChI is InChI=1S/C20H20ClN3O8/c1-24(2)11-7-4-5-3-6-9(14(27)19(31)23-17(6)21)12(25)8(5)15(28)20(7,32)16(29)10(13(11)26)18(22)30/h5,7,11,25,27,29,32H,3-4H2,1-2H3,(H2,22,30)(H,23,31)/t5-,7-,11-,20-/m0/s1. The number of aliphatic hydroxyl groups is 3. The minimum Gasteiger partial charge on any atom is -0.508 e. The van der Waals surface area contributed by atoms with Gasteiger partial charge < -0.3 is 31.1 Å². The molecule has 7 N–H and O–H groups in total. The highest BCUT2D eigenvalue weighted by Gasteiger charge is 2.64. The minimum atomic E-state index is -2.73. The number of ketones is 2. The van der Waals surface area contributed by atoms with E-state index < -0.39 is 69.4 Å². The molecule has 1 aromatic heterocycles. The van der Waals surface area contributed by atoms with Gasteiger partial charge in [-0.05, 0) is 32.9 Å². The molecule has 32 heavy (non-hydrogen) atoms. The van der Waals surface area contributed by atoms with Crippen LogP contribution in [0.25, 0.3) is 5.76 Å². The fourth-order valence-corrected chi connectivity index (χ4v) is 5.44. The number of halogens is 1. The Hall–Kier alpha value is -3.15. The molecule has 1 aromatic rings. The van der Waals surface area contributed by atoms with Crippen LogP contribution in [-0.4, -0.2) is 73.5 Å². The maximum atomic E-state index is 13.5. The Balaban J connectivity index is 2.01. The predicted molar refractivity (Wildman–Crippen MR) is 110 cm³/mol. The number of aromatic amines is 1. The molecular weight excluding hydrogens is 446 g/mol. The first-order valence-corrected chi connectivity index (χ1v) is 10.00. The molecule has 11 nitrogen and oxygen atoms in total. The lowest BCUT2D eigenvalue weighted by atomic mass is 9.57. The second kappa shape index (κ2) is 6.92. The SMILES string of the molecule is CN(C)[C@@H]1C(=O)C(C(N)=O)=C(O)[C@@]2(O)C(=O)C3=C(O)c4c(c(Cl)[nH]c(=O)c4O)C[C@H]3C[C@@H]12. The number of carbonyl (C=O) groups excluding carboxylic acids is 3. The van der Waals surface area contributed by atoms with E-state index in [4.69, 9.17) is 17.3 Å². The second-order valence-corrected chi connectivity index (χ2v) is 8.81. The lowest BCUT2D eigenvalue weighted by molar-refractivity contribution is -0.153. The Morgan fingerprint density at radius 3 is 2.41 bits per heavy atom. The number of likely N-dealkylation sites (N-methyl/N-ethyl adjacent to an activating group) is 1. The third kappa shape index (κ3) is 2.61. The van der Waals surface area contributed by atoms with Crippen LogP contribution in [0.5, 0.6) is 5.75 Å². The molecule has 4 atom stereocenters. The Kier molecular flexibility index (Phi) is 4.77. The lowest BCUT2D eigenvalue weighted by Crippen LogP contribution is -2.65. The highest BCUT2D eigenvalue weighted by Crippen LogP contribution is 2.52. The fourth-order valence-electron chi connectivity index (χ4n) is 5.18. The molecule has 3 aliphatic rings. The van der Waals surface area contributed by atoms with Gasteiger partial charge in [-0.25, -0.2) is 0 Å². The Bertz CT molecular complexity index is 1230. The van der Waals surface area contributed by atoms with Crippen molar-refractivity contribution in [3.63, 3.8) is 0 Å². The number of primary amides is 1. The number of nitrogens with one attached hydrogen (secondary N) is 1. The number of hydrogen-bond donors (Lipinski definition) is 6. The van der Waals surface area contributed by atoms with E-state index in [2.05, 4.69) is 4.98 Å². The van der Waals surface area contributed by atoms with Gasteiger partial charge in [-0.1, -0.05) is 11.6 Å². The highest BCUT2D eigenvalue weighted by atomic mass is 35.5. The maximum absolute atomic E-state index is 13.5. The molecule has 0 bridgehead atoms. The topological polar surface area (TPSA) is 194 Å². The zero-order valence-corrected chi connectivity index (χ0v) is 17.7. The van der Waals surface area contributed by atoms with E-state index in [1.807, 2.05) is 0 Å². The van der Waals surface area contributed by atoms with Gasteiger partial charge in [0, 0.05) is 17.1 Å². The molecule has 1 saturated carbocycles. The molecule has 12 heteroatoms. The van der Waals surface area contributed by atoms with E-state index in [-0.39, 0.29) is 34.7 Å². The van der Waals surface area contributed by atoms with Crippen molar-refractivity contribution in [3.8, 4) is 5.75 Å². The van der Waals surface area contributed by atoms with Gasteiger partial charge in [0.05, 0.1) is 11.6 Å². The number of fused-ring (bicyclic) bond motifs is 3. The summed E-state index contributed by atoms with van der Waals surface area (Å²) in [6.07, 6.45) is -0.0698. The van der Waals surface area contributed by atoms with E-state index in [1.165, 1.54) is 19.0 Å². The number of Topliss-reactive ketones (excluding diaryl/α,β-unsaturated/α-hetero) is 2. The van der Waals surface area contributed by atoms with Crippen molar-refractivity contribution in [3.05, 3.63) is 43.5 Å². The second-order valence-electron chi connectivity index (χ2n) is 8.43. The first kappa shape index (κ1) is 22.1. The van der Waals surface area contributed by atoms with Crippen molar-refractivity contribution in [1.82, 2.24) is 9.88 Å². The summed E-state index contributed by atoms with van der Waals surface area (Å²) >= 11 is 6.10.